The maximum atomic E-state index is 12.6. The van der Waals surface area contributed by atoms with Gasteiger partial charge in [0.25, 0.3) is 5.91 Å². The number of hydrogen-bond donors (Lipinski definition) is 1. The maximum absolute atomic E-state index is 12.6. The van der Waals surface area contributed by atoms with Crippen LogP contribution in [-0.2, 0) is 9.31 Å². The first-order chi connectivity index (χ1) is 10.3. The van der Waals surface area contributed by atoms with Gasteiger partial charge in [-0.2, -0.15) is 0 Å². The van der Waals surface area contributed by atoms with Crippen molar-refractivity contribution in [1.82, 2.24) is 15.2 Å². The third-order valence-corrected chi connectivity index (χ3v) is 3.49. The molecule has 1 aliphatic rings. The molecule has 7 heteroatoms. The zero-order valence-corrected chi connectivity index (χ0v) is 12.7. The number of pyridine rings is 1. The van der Waals surface area contributed by atoms with Crippen LogP contribution in [0, 0.1) is 0 Å². The average molecular weight is 291 g/mol. The number of nitrogens with zero attached hydrogens (tertiary/aromatic N) is 2. The third kappa shape index (κ3) is 4.03. The highest BCUT2D eigenvalue weighted by Gasteiger charge is 2.29. The summed E-state index contributed by atoms with van der Waals surface area (Å²) in [6.45, 7) is 7.92. The van der Waals surface area contributed by atoms with Gasteiger partial charge in [0.15, 0.2) is 0 Å². The molecule has 0 aliphatic carbocycles. The van der Waals surface area contributed by atoms with Gasteiger partial charge in [0.1, 0.15) is 0 Å². The first-order valence-electron chi connectivity index (χ1n) is 7.45. The van der Waals surface area contributed by atoms with Crippen LogP contribution in [0.5, 0.6) is 0 Å². The number of hydrogen-bond acceptors (Lipinski definition) is 5. The molecule has 6 nitrogen and oxygen atoms in total. The number of amides is 1. The summed E-state index contributed by atoms with van der Waals surface area (Å²) in [5.74, 6) is -0.0320. The lowest BCUT2D eigenvalue weighted by Gasteiger charge is -2.23. The van der Waals surface area contributed by atoms with E-state index in [-0.39, 0.29) is 5.91 Å². The molecule has 0 spiro atoms. The Balaban J connectivity index is 2.24. The van der Waals surface area contributed by atoms with Crippen LogP contribution in [-0.4, -0.2) is 62.3 Å². The van der Waals surface area contributed by atoms with Gasteiger partial charge in [-0.25, -0.2) is 0 Å². The van der Waals surface area contributed by atoms with E-state index in [9.17, 15) is 4.79 Å². The predicted octanol–water partition coefficient (Wildman–Crippen LogP) is -0.105. The van der Waals surface area contributed by atoms with Gasteiger partial charge in [-0.3, -0.25) is 9.78 Å². The van der Waals surface area contributed by atoms with Crippen LogP contribution >= 0.6 is 0 Å². The summed E-state index contributed by atoms with van der Waals surface area (Å²) in [5, 5.41) is 3.20. The van der Waals surface area contributed by atoms with Crippen LogP contribution in [0.15, 0.2) is 18.5 Å². The zero-order valence-electron chi connectivity index (χ0n) is 12.7. The molecule has 1 aromatic rings. The predicted molar refractivity (Wildman–Crippen MR) is 81.7 cm³/mol. The lowest BCUT2D eigenvalue weighted by Crippen LogP contribution is -2.46. The fourth-order valence-electron chi connectivity index (χ4n) is 2.30. The van der Waals surface area contributed by atoms with E-state index in [4.69, 9.17) is 9.31 Å². The van der Waals surface area contributed by atoms with E-state index in [0.29, 0.717) is 31.9 Å². The quantitative estimate of drug-likeness (QED) is 0.785. The Morgan fingerprint density at radius 2 is 2.00 bits per heavy atom. The van der Waals surface area contributed by atoms with Crippen molar-refractivity contribution in [2.75, 3.05) is 39.4 Å². The summed E-state index contributed by atoms with van der Waals surface area (Å²) in [4.78, 5) is 18.4. The van der Waals surface area contributed by atoms with Gasteiger partial charge in [-0.05, 0) is 25.4 Å². The molecular weight excluding hydrogens is 269 g/mol. The summed E-state index contributed by atoms with van der Waals surface area (Å²) < 4.78 is 11.4. The minimum Gasteiger partial charge on any atom is -0.406 e. The lowest BCUT2D eigenvalue weighted by molar-refractivity contribution is 0.0773. The first-order valence-corrected chi connectivity index (χ1v) is 7.45. The SMILES string of the molecule is CCN(CC)C(=O)c1cnccc1B1OCCNCCO1. The molecule has 0 bridgehead atoms. The Labute approximate surface area is 126 Å². The molecule has 2 rings (SSSR count). The molecule has 114 valence electrons. The van der Waals surface area contributed by atoms with Crippen LogP contribution in [0.25, 0.3) is 0 Å². The lowest BCUT2D eigenvalue weighted by atomic mass is 9.76. The number of carbonyl (C=O) groups is 1. The summed E-state index contributed by atoms with van der Waals surface area (Å²) in [6, 6.07) is 1.80. The Hall–Kier alpha value is -1.44. The Bertz CT molecular complexity index is 461. The third-order valence-electron chi connectivity index (χ3n) is 3.49. The highest BCUT2D eigenvalue weighted by Crippen LogP contribution is 2.05. The molecule has 1 saturated heterocycles. The minimum atomic E-state index is -0.510. The molecular formula is C14H22BN3O3. The molecule has 0 aromatic carbocycles. The zero-order chi connectivity index (χ0) is 15.1. The summed E-state index contributed by atoms with van der Waals surface area (Å²) in [5.41, 5.74) is 1.31. The Morgan fingerprint density at radius 3 is 2.62 bits per heavy atom. The minimum absolute atomic E-state index is 0.0320. The fourth-order valence-corrected chi connectivity index (χ4v) is 2.30. The molecule has 21 heavy (non-hydrogen) atoms. The van der Waals surface area contributed by atoms with Gasteiger partial charge in [0.2, 0.25) is 0 Å². The molecule has 0 radical (unpaired) electrons. The van der Waals surface area contributed by atoms with Gasteiger partial charge in [-0.15, -0.1) is 0 Å². The van der Waals surface area contributed by atoms with Gasteiger partial charge < -0.3 is 19.5 Å². The van der Waals surface area contributed by atoms with Crippen LogP contribution in [0.4, 0.5) is 0 Å². The van der Waals surface area contributed by atoms with Crippen molar-refractivity contribution in [3.63, 3.8) is 0 Å². The number of aromatic nitrogens is 1. The van der Waals surface area contributed by atoms with Crippen LogP contribution in [0.3, 0.4) is 0 Å². The molecule has 1 N–H and O–H groups in total. The van der Waals surface area contributed by atoms with Gasteiger partial charge in [0.05, 0.1) is 5.56 Å². The van der Waals surface area contributed by atoms with Gasteiger partial charge in [-0.1, -0.05) is 0 Å². The molecule has 0 saturated carbocycles. The summed E-state index contributed by atoms with van der Waals surface area (Å²) in [7, 11) is -0.510. The largest absolute Gasteiger partial charge is 0.494 e. The van der Waals surface area contributed by atoms with Crippen molar-refractivity contribution in [2.45, 2.75) is 13.8 Å². The van der Waals surface area contributed by atoms with E-state index < -0.39 is 7.12 Å². The van der Waals surface area contributed by atoms with Crippen molar-refractivity contribution in [1.29, 1.82) is 0 Å². The van der Waals surface area contributed by atoms with Crippen molar-refractivity contribution in [3.05, 3.63) is 24.0 Å². The number of nitrogens with one attached hydrogen (secondary N) is 1. The second-order valence-electron chi connectivity index (χ2n) is 4.76. The molecule has 0 unspecified atom stereocenters. The van der Waals surface area contributed by atoms with Crippen LogP contribution < -0.4 is 10.8 Å². The summed E-state index contributed by atoms with van der Waals surface area (Å²) in [6.07, 6.45) is 3.26. The fraction of sp³-hybridized carbons (Fsp3) is 0.571. The van der Waals surface area contributed by atoms with Gasteiger partial charge in [0, 0.05) is 51.8 Å². The van der Waals surface area contributed by atoms with Crippen molar-refractivity contribution in [3.8, 4) is 0 Å². The summed E-state index contributed by atoms with van der Waals surface area (Å²) >= 11 is 0. The molecule has 2 heterocycles. The van der Waals surface area contributed by atoms with E-state index in [2.05, 4.69) is 10.3 Å². The van der Waals surface area contributed by atoms with Crippen molar-refractivity contribution in [2.24, 2.45) is 0 Å². The number of rotatable bonds is 4. The van der Waals surface area contributed by atoms with Crippen LogP contribution in [0.2, 0.25) is 0 Å². The second-order valence-corrected chi connectivity index (χ2v) is 4.76. The molecule has 1 amide bonds. The van der Waals surface area contributed by atoms with E-state index in [1.54, 1.807) is 23.4 Å². The molecule has 1 fully saturated rings. The molecule has 0 atom stereocenters. The monoisotopic (exact) mass is 291 g/mol. The maximum Gasteiger partial charge on any atom is 0.494 e. The number of carbonyl (C=O) groups excluding carboxylic acids is 1. The second kappa shape index (κ2) is 8.12. The Morgan fingerprint density at radius 1 is 1.33 bits per heavy atom. The first kappa shape index (κ1) is 15.9. The standard InChI is InChI=1S/C14H22BN3O3/c1-3-18(4-2)14(19)12-11-17-6-5-13(12)15-20-9-7-16-8-10-21-15/h5-6,11,16H,3-4,7-10H2,1-2H3. The average Bonchev–Trinajstić information content (AvgIpc) is 2.48. The van der Waals surface area contributed by atoms with E-state index in [0.717, 1.165) is 18.6 Å². The highest BCUT2D eigenvalue weighted by atomic mass is 16.6. The Kier molecular flexibility index (Phi) is 6.16. The van der Waals surface area contributed by atoms with Gasteiger partial charge >= 0.3 is 7.12 Å². The topological polar surface area (TPSA) is 63.7 Å². The van der Waals surface area contributed by atoms with Crippen LogP contribution in [0.1, 0.15) is 24.2 Å². The van der Waals surface area contributed by atoms with E-state index >= 15 is 0 Å². The molecule has 1 aromatic heterocycles. The van der Waals surface area contributed by atoms with Crippen molar-refractivity contribution < 1.29 is 14.1 Å². The normalized spacial score (nSPS) is 16.2. The molecule has 1 aliphatic heterocycles. The van der Waals surface area contributed by atoms with Crippen molar-refractivity contribution >= 4 is 18.5 Å². The van der Waals surface area contributed by atoms with E-state index in [1.165, 1.54) is 0 Å². The highest BCUT2D eigenvalue weighted by molar-refractivity contribution is 6.63. The van der Waals surface area contributed by atoms with E-state index in [1.807, 2.05) is 13.8 Å². The smallest absolute Gasteiger partial charge is 0.406 e.